The molecule has 0 radical (unpaired) electrons. The maximum Gasteiger partial charge on any atom is 0.335 e. The van der Waals surface area contributed by atoms with Crippen LogP contribution in [0, 0.1) is 5.41 Å². The molecular weight excluding hydrogens is 264 g/mol. The zero-order valence-corrected chi connectivity index (χ0v) is 12.7. The highest BCUT2D eigenvalue weighted by Crippen LogP contribution is 2.45. The third-order valence-electron chi connectivity index (χ3n) is 5.05. The smallest absolute Gasteiger partial charge is 0.335 e. The Morgan fingerprint density at radius 3 is 2.67 bits per heavy atom. The SMILES string of the molecule is CCc1nc2cc(C(=O)O)ccc2n1CC1(CC)CCC1. The van der Waals surface area contributed by atoms with Crippen LogP contribution in [-0.4, -0.2) is 20.6 Å². The lowest BCUT2D eigenvalue weighted by atomic mass is 9.67. The zero-order chi connectivity index (χ0) is 15.0. The Hall–Kier alpha value is -1.84. The highest BCUT2D eigenvalue weighted by molar-refractivity contribution is 5.92. The minimum Gasteiger partial charge on any atom is -0.478 e. The van der Waals surface area contributed by atoms with Crippen molar-refractivity contribution < 1.29 is 9.90 Å². The van der Waals surface area contributed by atoms with Gasteiger partial charge in [-0.1, -0.05) is 20.3 Å². The molecule has 4 nitrogen and oxygen atoms in total. The van der Waals surface area contributed by atoms with Gasteiger partial charge in [0.05, 0.1) is 16.6 Å². The van der Waals surface area contributed by atoms with E-state index in [1.165, 1.54) is 25.7 Å². The fourth-order valence-electron chi connectivity index (χ4n) is 3.39. The lowest BCUT2D eigenvalue weighted by Gasteiger charge is -2.42. The van der Waals surface area contributed by atoms with E-state index in [1.54, 1.807) is 12.1 Å². The van der Waals surface area contributed by atoms with Gasteiger partial charge < -0.3 is 9.67 Å². The average molecular weight is 286 g/mol. The number of hydrogen-bond donors (Lipinski definition) is 1. The molecule has 3 rings (SSSR count). The predicted molar refractivity (Wildman–Crippen MR) is 82.6 cm³/mol. The Morgan fingerprint density at radius 2 is 2.14 bits per heavy atom. The number of aromatic nitrogens is 2. The van der Waals surface area contributed by atoms with Crippen LogP contribution in [0.3, 0.4) is 0 Å². The van der Waals surface area contributed by atoms with Crippen LogP contribution >= 0.6 is 0 Å². The Bertz CT molecular complexity index is 678. The van der Waals surface area contributed by atoms with E-state index >= 15 is 0 Å². The molecule has 112 valence electrons. The number of aromatic carboxylic acids is 1. The molecule has 2 aromatic rings. The van der Waals surface area contributed by atoms with Crippen molar-refractivity contribution in [3.8, 4) is 0 Å². The molecule has 1 aromatic carbocycles. The molecule has 0 bridgehead atoms. The number of rotatable bonds is 5. The molecule has 1 saturated carbocycles. The monoisotopic (exact) mass is 286 g/mol. The standard InChI is InChI=1S/C17H22N2O2/c1-3-15-18-13-10-12(16(20)21)6-7-14(13)19(15)11-17(4-2)8-5-9-17/h6-7,10H,3-5,8-9,11H2,1-2H3,(H,20,21). The van der Waals surface area contributed by atoms with Crippen molar-refractivity contribution in [3.63, 3.8) is 0 Å². The topological polar surface area (TPSA) is 55.1 Å². The number of hydrogen-bond acceptors (Lipinski definition) is 2. The lowest BCUT2D eigenvalue weighted by Crippen LogP contribution is -2.33. The molecule has 1 fully saturated rings. The second-order valence-corrected chi connectivity index (χ2v) is 6.18. The Morgan fingerprint density at radius 1 is 1.38 bits per heavy atom. The molecule has 21 heavy (non-hydrogen) atoms. The number of carboxylic acid groups (broad SMARTS) is 1. The van der Waals surface area contributed by atoms with Gasteiger partial charge in [0.2, 0.25) is 0 Å². The molecule has 0 unspecified atom stereocenters. The van der Waals surface area contributed by atoms with Crippen molar-refractivity contribution >= 4 is 17.0 Å². The fraction of sp³-hybridized carbons (Fsp3) is 0.529. The molecular formula is C17H22N2O2. The second-order valence-electron chi connectivity index (χ2n) is 6.18. The van der Waals surface area contributed by atoms with E-state index < -0.39 is 5.97 Å². The first-order valence-corrected chi connectivity index (χ1v) is 7.81. The van der Waals surface area contributed by atoms with Crippen molar-refractivity contribution in [2.45, 2.75) is 52.5 Å². The maximum atomic E-state index is 11.1. The zero-order valence-electron chi connectivity index (χ0n) is 12.7. The predicted octanol–water partition coefficient (Wildman–Crippen LogP) is 3.88. The largest absolute Gasteiger partial charge is 0.478 e. The highest BCUT2D eigenvalue weighted by Gasteiger charge is 2.36. The van der Waals surface area contributed by atoms with Gasteiger partial charge in [0.25, 0.3) is 0 Å². The molecule has 1 aliphatic carbocycles. The van der Waals surface area contributed by atoms with E-state index in [-0.39, 0.29) is 0 Å². The first-order chi connectivity index (χ1) is 10.1. The van der Waals surface area contributed by atoms with Crippen LogP contribution in [0.25, 0.3) is 11.0 Å². The van der Waals surface area contributed by atoms with Crippen LogP contribution in [0.15, 0.2) is 18.2 Å². The number of aryl methyl sites for hydroxylation is 1. The summed E-state index contributed by atoms with van der Waals surface area (Å²) in [5.74, 6) is 0.167. The van der Waals surface area contributed by atoms with E-state index in [4.69, 9.17) is 5.11 Å². The van der Waals surface area contributed by atoms with E-state index in [0.717, 1.165) is 29.8 Å². The normalized spacial score (nSPS) is 16.9. The number of benzene rings is 1. The minimum absolute atomic E-state index is 0.309. The van der Waals surface area contributed by atoms with Crippen LogP contribution in [-0.2, 0) is 13.0 Å². The van der Waals surface area contributed by atoms with E-state index in [2.05, 4.69) is 23.4 Å². The van der Waals surface area contributed by atoms with Crippen molar-refractivity contribution in [3.05, 3.63) is 29.6 Å². The third-order valence-corrected chi connectivity index (χ3v) is 5.05. The van der Waals surface area contributed by atoms with Crippen LogP contribution in [0.4, 0.5) is 0 Å². The summed E-state index contributed by atoms with van der Waals surface area (Å²) in [6, 6.07) is 5.28. The summed E-state index contributed by atoms with van der Waals surface area (Å²) in [6.07, 6.45) is 5.98. The molecule has 0 amide bonds. The molecule has 0 saturated heterocycles. The van der Waals surface area contributed by atoms with Gasteiger partial charge in [-0.15, -0.1) is 0 Å². The summed E-state index contributed by atoms with van der Waals surface area (Å²) in [4.78, 5) is 15.8. The van der Waals surface area contributed by atoms with E-state index in [0.29, 0.717) is 11.0 Å². The van der Waals surface area contributed by atoms with Gasteiger partial charge >= 0.3 is 5.97 Å². The van der Waals surface area contributed by atoms with Crippen molar-refractivity contribution in [1.29, 1.82) is 0 Å². The van der Waals surface area contributed by atoms with Gasteiger partial charge in [0.15, 0.2) is 0 Å². The molecule has 1 aliphatic rings. The van der Waals surface area contributed by atoms with Crippen molar-refractivity contribution in [2.75, 3.05) is 0 Å². The van der Waals surface area contributed by atoms with E-state index in [1.807, 2.05) is 6.07 Å². The average Bonchev–Trinajstić information content (AvgIpc) is 2.79. The first-order valence-electron chi connectivity index (χ1n) is 7.81. The van der Waals surface area contributed by atoms with E-state index in [9.17, 15) is 4.79 Å². The summed E-state index contributed by atoms with van der Waals surface area (Å²) >= 11 is 0. The van der Waals surface area contributed by atoms with Crippen LogP contribution < -0.4 is 0 Å². The van der Waals surface area contributed by atoms with Crippen LogP contribution in [0.5, 0.6) is 0 Å². The van der Waals surface area contributed by atoms with Crippen LogP contribution in [0.2, 0.25) is 0 Å². The van der Waals surface area contributed by atoms with Gasteiger partial charge in [0, 0.05) is 13.0 Å². The Kier molecular flexibility index (Phi) is 3.47. The molecule has 0 aliphatic heterocycles. The van der Waals surface area contributed by atoms with Gasteiger partial charge in [-0.05, 0) is 42.9 Å². The fourth-order valence-corrected chi connectivity index (χ4v) is 3.39. The number of carboxylic acids is 1. The van der Waals surface area contributed by atoms with Gasteiger partial charge in [-0.2, -0.15) is 0 Å². The lowest BCUT2D eigenvalue weighted by molar-refractivity contribution is 0.0697. The highest BCUT2D eigenvalue weighted by atomic mass is 16.4. The molecule has 1 N–H and O–H groups in total. The third kappa shape index (κ3) is 2.33. The molecule has 1 heterocycles. The molecule has 0 spiro atoms. The first kappa shape index (κ1) is 14.1. The summed E-state index contributed by atoms with van der Waals surface area (Å²) in [6.45, 7) is 5.39. The Labute approximate surface area is 124 Å². The number of fused-ring (bicyclic) bond motifs is 1. The number of imidazole rings is 1. The molecule has 1 aromatic heterocycles. The maximum absolute atomic E-state index is 11.1. The summed E-state index contributed by atoms with van der Waals surface area (Å²) in [5, 5.41) is 9.11. The van der Waals surface area contributed by atoms with Crippen molar-refractivity contribution in [1.82, 2.24) is 9.55 Å². The summed E-state index contributed by atoms with van der Waals surface area (Å²) in [5.41, 5.74) is 2.60. The minimum atomic E-state index is -0.895. The molecule has 0 atom stereocenters. The summed E-state index contributed by atoms with van der Waals surface area (Å²) < 4.78 is 2.31. The van der Waals surface area contributed by atoms with Gasteiger partial charge in [-0.25, -0.2) is 9.78 Å². The van der Waals surface area contributed by atoms with Gasteiger partial charge in [-0.3, -0.25) is 0 Å². The quantitative estimate of drug-likeness (QED) is 0.907. The summed E-state index contributed by atoms with van der Waals surface area (Å²) in [7, 11) is 0. The number of nitrogens with zero attached hydrogens (tertiary/aromatic N) is 2. The van der Waals surface area contributed by atoms with Gasteiger partial charge in [0.1, 0.15) is 5.82 Å². The number of carbonyl (C=O) groups is 1. The second kappa shape index (κ2) is 5.17. The Balaban J connectivity index is 2.06. The van der Waals surface area contributed by atoms with Crippen LogP contribution in [0.1, 0.15) is 55.7 Å². The van der Waals surface area contributed by atoms with Crippen molar-refractivity contribution in [2.24, 2.45) is 5.41 Å². The molecule has 4 heteroatoms.